The van der Waals surface area contributed by atoms with Crippen molar-refractivity contribution in [1.29, 1.82) is 0 Å². The van der Waals surface area contributed by atoms with E-state index in [-0.39, 0.29) is 23.7 Å². The van der Waals surface area contributed by atoms with Crippen LogP contribution in [0.4, 0.5) is 4.39 Å². The first-order valence-electron chi connectivity index (χ1n) is 5.30. The number of rotatable bonds is 5. The second-order valence-corrected chi connectivity index (χ2v) is 4.64. The third kappa shape index (κ3) is 4.25. The van der Waals surface area contributed by atoms with Crippen LogP contribution in [-0.2, 0) is 4.74 Å². The number of ether oxygens (including phenoxy) is 1. The topological polar surface area (TPSA) is 58.6 Å². The lowest BCUT2D eigenvalue weighted by atomic mass is 10.1. The summed E-state index contributed by atoms with van der Waals surface area (Å²) in [4.78, 5) is 11.8. The van der Waals surface area contributed by atoms with Gasteiger partial charge in [0.05, 0.1) is 17.2 Å². The summed E-state index contributed by atoms with van der Waals surface area (Å²) in [6.45, 7) is 1.63. The molecule has 0 saturated heterocycles. The van der Waals surface area contributed by atoms with Crippen molar-refractivity contribution in [3.63, 3.8) is 0 Å². The van der Waals surface area contributed by atoms with Gasteiger partial charge in [-0.1, -0.05) is 11.6 Å². The molecule has 0 spiro atoms. The number of aliphatic hydroxyl groups is 1. The molecule has 0 radical (unpaired) electrons. The van der Waals surface area contributed by atoms with Gasteiger partial charge in [-0.3, -0.25) is 4.79 Å². The first-order valence-corrected chi connectivity index (χ1v) is 5.68. The van der Waals surface area contributed by atoms with Crippen LogP contribution in [0.25, 0.3) is 0 Å². The van der Waals surface area contributed by atoms with Gasteiger partial charge < -0.3 is 15.2 Å². The van der Waals surface area contributed by atoms with E-state index in [0.29, 0.717) is 0 Å². The molecule has 2 N–H and O–H groups in total. The van der Waals surface area contributed by atoms with Crippen LogP contribution in [0.3, 0.4) is 0 Å². The summed E-state index contributed by atoms with van der Waals surface area (Å²) >= 11 is 5.75. The SMILES string of the molecule is COCC(C)(O)CNC(=O)c1ccc(F)cc1Cl. The monoisotopic (exact) mass is 275 g/mol. The Hall–Kier alpha value is -1.17. The fraction of sp³-hybridized carbons (Fsp3) is 0.417. The van der Waals surface area contributed by atoms with Gasteiger partial charge in [0, 0.05) is 13.7 Å². The normalized spacial score (nSPS) is 14.1. The van der Waals surface area contributed by atoms with Crippen LogP contribution >= 0.6 is 11.6 Å². The van der Waals surface area contributed by atoms with Gasteiger partial charge in [0.1, 0.15) is 11.4 Å². The second-order valence-electron chi connectivity index (χ2n) is 4.24. The van der Waals surface area contributed by atoms with Gasteiger partial charge in [-0.15, -0.1) is 0 Å². The number of amides is 1. The van der Waals surface area contributed by atoms with Crippen molar-refractivity contribution in [1.82, 2.24) is 5.32 Å². The van der Waals surface area contributed by atoms with E-state index in [1.165, 1.54) is 20.1 Å². The molecule has 0 fully saturated rings. The number of carbonyl (C=O) groups is 1. The lowest BCUT2D eigenvalue weighted by Crippen LogP contribution is -2.43. The smallest absolute Gasteiger partial charge is 0.252 e. The minimum Gasteiger partial charge on any atom is -0.386 e. The summed E-state index contributed by atoms with van der Waals surface area (Å²) in [5.74, 6) is -0.987. The molecule has 1 rings (SSSR count). The van der Waals surface area contributed by atoms with Crippen LogP contribution in [0, 0.1) is 5.82 Å². The summed E-state index contributed by atoms with van der Waals surface area (Å²) in [5, 5.41) is 12.3. The molecule has 1 aromatic rings. The molecule has 4 nitrogen and oxygen atoms in total. The molecule has 100 valence electrons. The van der Waals surface area contributed by atoms with Gasteiger partial charge in [0.2, 0.25) is 0 Å². The highest BCUT2D eigenvalue weighted by atomic mass is 35.5. The summed E-state index contributed by atoms with van der Waals surface area (Å²) in [6, 6.07) is 3.50. The number of nitrogens with one attached hydrogen (secondary N) is 1. The van der Waals surface area contributed by atoms with E-state index in [1.54, 1.807) is 0 Å². The number of hydrogen-bond donors (Lipinski definition) is 2. The number of carbonyl (C=O) groups excluding carboxylic acids is 1. The maximum Gasteiger partial charge on any atom is 0.252 e. The molecule has 1 amide bonds. The predicted octanol–water partition coefficient (Wildman–Crippen LogP) is 1.61. The Kier molecular flexibility index (Phi) is 5.07. The number of benzene rings is 1. The van der Waals surface area contributed by atoms with E-state index >= 15 is 0 Å². The summed E-state index contributed by atoms with van der Waals surface area (Å²) in [6.07, 6.45) is 0. The van der Waals surface area contributed by atoms with Crippen molar-refractivity contribution in [3.05, 3.63) is 34.6 Å². The Morgan fingerprint density at radius 1 is 1.61 bits per heavy atom. The highest BCUT2D eigenvalue weighted by molar-refractivity contribution is 6.33. The lowest BCUT2D eigenvalue weighted by Gasteiger charge is -2.22. The number of halogens is 2. The predicted molar refractivity (Wildman–Crippen MR) is 66.2 cm³/mol. The van der Waals surface area contributed by atoms with Crippen LogP contribution in [0.1, 0.15) is 17.3 Å². The third-order valence-electron chi connectivity index (χ3n) is 2.26. The largest absolute Gasteiger partial charge is 0.386 e. The van der Waals surface area contributed by atoms with Crippen LogP contribution in [-0.4, -0.2) is 36.9 Å². The van der Waals surface area contributed by atoms with Gasteiger partial charge in [-0.05, 0) is 25.1 Å². The van der Waals surface area contributed by atoms with Crippen molar-refractivity contribution in [2.45, 2.75) is 12.5 Å². The first-order chi connectivity index (χ1) is 8.35. The minimum absolute atomic E-state index is 0.00732. The zero-order valence-corrected chi connectivity index (χ0v) is 10.9. The van der Waals surface area contributed by atoms with E-state index in [2.05, 4.69) is 5.32 Å². The number of hydrogen-bond acceptors (Lipinski definition) is 3. The van der Waals surface area contributed by atoms with E-state index in [0.717, 1.165) is 12.1 Å². The van der Waals surface area contributed by atoms with Crippen LogP contribution in [0.2, 0.25) is 5.02 Å². The van der Waals surface area contributed by atoms with E-state index in [9.17, 15) is 14.3 Å². The molecule has 0 aliphatic rings. The summed E-state index contributed by atoms with van der Waals surface area (Å²) in [5.41, 5.74) is -1.01. The summed E-state index contributed by atoms with van der Waals surface area (Å²) < 4.78 is 17.6. The van der Waals surface area contributed by atoms with Gasteiger partial charge in [-0.25, -0.2) is 4.39 Å². The zero-order chi connectivity index (χ0) is 13.8. The Bertz CT molecular complexity index is 437. The molecule has 0 saturated carbocycles. The molecule has 0 heterocycles. The molecule has 1 unspecified atom stereocenters. The molecular weight excluding hydrogens is 261 g/mol. The highest BCUT2D eigenvalue weighted by Crippen LogP contribution is 2.17. The Labute approximate surface area is 110 Å². The molecule has 1 aromatic carbocycles. The van der Waals surface area contributed by atoms with E-state index < -0.39 is 17.3 Å². The number of methoxy groups -OCH3 is 1. The molecule has 0 aliphatic carbocycles. The van der Waals surface area contributed by atoms with Gasteiger partial charge in [0.25, 0.3) is 5.91 Å². The minimum atomic E-state index is -1.17. The highest BCUT2D eigenvalue weighted by Gasteiger charge is 2.22. The Balaban J connectivity index is 2.66. The second kappa shape index (κ2) is 6.13. The van der Waals surface area contributed by atoms with Crippen LogP contribution in [0.15, 0.2) is 18.2 Å². The van der Waals surface area contributed by atoms with Crippen LogP contribution < -0.4 is 5.32 Å². The fourth-order valence-electron chi connectivity index (χ4n) is 1.40. The molecule has 18 heavy (non-hydrogen) atoms. The molecule has 0 bridgehead atoms. The first kappa shape index (κ1) is 14.9. The van der Waals surface area contributed by atoms with Crippen molar-refractivity contribution in [2.75, 3.05) is 20.3 Å². The standard InChI is InChI=1S/C12H15ClFNO3/c1-12(17,7-18-2)6-15-11(16)9-4-3-8(14)5-10(9)13/h3-5,17H,6-7H2,1-2H3,(H,15,16). The van der Waals surface area contributed by atoms with Crippen molar-refractivity contribution in [3.8, 4) is 0 Å². The Morgan fingerprint density at radius 2 is 2.28 bits per heavy atom. The molecular formula is C12H15ClFNO3. The fourth-order valence-corrected chi connectivity index (χ4v) is 1.65. The third-order valence-corrected chi connectivity index (χ3v) is 2.57. The van der Waals surface area contributed by atoms with Gasteiger partial charge in [-0.2, -0.15) is 0 Å². The van der Waals surface area contributed by atoms with Crippen LogP contribution in [0.5, 0.6) is 0 Å². The maximum atomic E-state index is 12.8. The van der Waals surface area contributed by atoms with Gasteiger partial charge in [0.15, 0.2) is 0 Å². The molecule has 1 atom stereocenters. The lowest BCUT2D eigenvalue weighted by molar-refractivity contribution is -0.0147. The van der Waals surface area contributed by atoms with E-state index in [4.69, 9.17) is 16.3 Å². The quantitative estimate of drug-likeness (QED) is 0.858. The zero-order valence-electron chi connectivity index (χ0n) is 10.2. The van der Waals surface area contributed by atoms with Crippen molar-refractivity contribution >= 4 is 17.5 Å². The average Bonchev–Trinajstić information content (AvgIpc) is 2.26. The molecule has 0 aromatic heterocycles. The van der Waals surface area contributed by atoms with E-state index in [1.807, 2.05) is 0 Å². The van der Waals surface area contributed by atoms with Crippen molar-refractivity contribution in [2.24, 2.45) is 0 Å². The molecule has 0 aliphatic heterocycles. The summed E-state index contributed by atoms with van der Waals surface area (Å²) in [7, 11) is 1.45. The molecule has 6 heteroatoms. The van der Waals surface area contributed by atoms with Crippen molar-refractivity contribution < 1.29 is 19.0 Å². The van der Waals surface area contributed by atoms with Gasteiger partial charge >= 0.3 is 0 Å². The average molecular weight is 276 g/mol. The Morgan fingerprint density at radius 3 is 2.83 bits per heavy atom. The maximum absolute atomic E-state index is 12.8.